The summed E-state index contributed by atoms with van der Waals surface area (Å²) < 4.78 is 51.7. The van der Waals surface area contributed by atoms with Crippen LogP contribution in [0.15, 0.2) is 42.6 Å². The highest BCUT2D eigenvalue weighted by atomic mass is 19.4. The lowest BCUT2D eigenvalue weighted by Crippen LogP contribution is -2.20. The number of nitrogens with one attached hydrogen (secondary N) is 3. The second-order valence-corrected chi connectivity index (χ2v) is 5.85. The first-order valence-corrected chi connectivity index (χ1v) is 7.93. The van der Waals surface area contributed by atoms with E-state index in [4.69, 9.17) is 5.11 Å². The SMILES string of the molecule is O=C(Nc1cc(F)cc(C(F)(F)F)c1)Nc1cc(CCO)c2cc[nH]c2c1. The summed E-state index contributed by atoms with van der Waals surface area (Å²) in [5, 5.41) is 14.7. The average molecular weight is 381 g/mol. The van der Waals surface area contributed by atoms with Crippen LogP contribution in [0.3, 0.4) is 0 Å². The predicted octanol–water partition coefficient (Wildman–Crippen LogP) is 4.50. The molecule has 9 heteroatoms. The van der Waals surface area contributed by atoms with Crippen molar-refractivity contribution in [2.45, 2.75) is 12.6 Å². The monoisotopic (exact) mass is 381 g/mol. The molecule has 0 aliphatic rings. The van der Waals surface area contributed by atoms with Crippen LogP contribution < -0.4 is 10.6 Å². The van der Waals surface area contributed by atoms with Crippen LogP contribution in [0, 0.1) is 5.82 Å². The molecule has 1 aromatic heterocycles. The lowest BCUT2D eigenvalue weighted by Gasteiger charge is -2.12. The largest absolute Gasteiger partial charge is 0.416 e. The molecule has 5 nitrogen and oxygen atoms in total. The Morgan fingerprint density at radius 2 is 1.78 bits per heavy atom. The molecule has 0 aliphatic carbocycles. The number of benzene rings is 2. The van der Waals surface area contributed by atoms with Crippen molar-refractivity contribution in [3.63, 3.8) is 0 Å². The third kappa shape index (κ3) is 4.37. The lowest BCUT2D eigenvalue weighted by atomic mass is 10.1. The smallest absolute Gasteiger partial charge is 0.396 e. The van der Waals surface area contributed by atoms with Gasteiger partial charge in [0.15, 0.2) is 0 Å². The fraction of sp³-hybridized carbons (Fsp3) is 0.167. The lowest BCUT2D eigenvalue weighted by molar-refractivity contribution is -0.137. The molecule has 1 heterocycles. The van der Waals surface area contributed by atoms with Crippen LogP contribution in [0.1, 0.15) is 11.1 Å². The molecule has 2 amide bonds. The van der Waals surface area contributed by atoms with Crippen molar-refractivity contribution in [3.05, 3.63) is 59.5 Å². The Hall–Kier alpha value is -3.07. The van der Waals surface area contributed by atoms with E-state index in [2.05, 4.69) is 15.6 Å². The van der Waals surface area contributed by atoms with E-state index in [-0.39, 0.29) is 12.3 Å². The van der Waals surface area contributed by atoms with Crippen molar-refractivity contribution in [2.75, 3.05) is 17.2 Å². The summed E-state index contributed by atoms with van der Waals surface area (Å²) in [6.07, 6.45) is -2.65. The zero-order valence-corrected chi connectivity index (χ0v) is 13.8. The highest BCUT2D eigenvalue weighted by Crippen LogP contribution is 2.31. The van der Waals surface area contributed by atoms with Crippen molar-refractivity contribution in [2.24, 2.45) is 0 Å². The number of amides is 2. The number of fused-ring (bicyclic) bond motifs is 1. The van der Waals surface area contributed by atoms with Crippen LogP contribution in [0.4, 0.5) is 33.7 Å². The number of aliphatic hydroxyl groups is 1. The number of carbonyl (C=O) groups excluding carboxylic acids is 1. The molecule has 142 valence electrons. The fourth-order valence-electron chi connectivity index (χ4n) is 2.76. The summed E-state index contributed by atoms with van der Waals surface area (Å²) >= 11 is 0. The number of hydrogen-bond acceptors (Lipinski definition) is 2. The number of aromatic amines is 1. The number of rotatable bonds is 4. The van der Waals surface area contributed by atoms with E-state index < -0.39 is 23.6 Å². The summed E-state index contributed by atoms with van der Waals surface area (Å²) in [5.74, 6) is -1.11. The Bertz CT molecular complexity index is 982. The number of alkyl halides is 3. The van der Waals surface area contributed by atoms with Crippen LogP contribution in [0.25, 0.3) is 10.9 Å². The maximum atomic E-state index is 13.4. The molecule has 3 rings (SSSR count). The minimum Gasteiger partial charge on any atom is -0.396 e. The number of urea groups is 1. The molecular formula is C18H15F4N3O2. The molecule has 0 spiro atoms. The Balaban J connectivity index is 1.80. The first kappa shape index (κ1) is 18.7. The third-order valence-electron chi connectivity index (χ3n) is 3.88. The molecule has 0 radical (unpaired) electrons. The van der Waals surface area contributed by atoms with Gasteiger partial charge in [0.05, 0.1) is 5.56 Å². The normalized spacial score (nSPS) is 11.6. The number of aromatic nitrogens is 1. The number of H-pyrrole nitrogens is 1. The quantitative estimate of drug-likeness (QED) is 0.502. The second kappa shape index (κ2) is 7.28. The number of carbonyl (C=O) groups is 1. The Labute approximate surface area is 151 Å². The van der Waals surface area contributed by atoms with Gasteiger partial charge in [-0.2, -0.15) is 13.2 Å². The van der Waals surface area contributed by atoms with Gasteiger partial charge in [-0.25, -0.2) is 9.18 Å². The molecule has 0 unspecified atom stereocenters. The van der Waals surface area contributed by atoms with Gasteiger partial charge in [0, 0.05) is 35.1 Å². The number of aliphatic hydroxyl groups excluding tert-OH is 1. The van der Waals surface area contributed by atoms with Gasteiger partial charge in [-0.1, -0.05) is 0 Å². The summed E-state index contributed by atoms with van der Waals surface area (Å²) in [7, 11) is 0. The first-order chi connectivity index (χ1) is 12.8. The van der Waals surface area contributed by atoms with Gasteiger partial charge in [-0.3, -0.25) is 0 Å². The number of hydrogen-bond donors (Lipinski definition) is 4. The summed E-state index contributed by atoms with van der Waals surface area (Å²) in [6.45, 7) is -0.0839. The molecule has 0 aliphatic heterocycles. The molecule has 0 saturated heterocycles. The molecule has 3 aromatic rings. The van der Waals surface area contributed by atoms with E-state index in [1.165, 1.54) is 0 Å². The van der Waals surface area contributed by atoms with Crippen molar-refractivity contribution >= 4 is 28.3 Å². The standard InChI is InChI=1S/C18H15F4N3O2/c19-12-6-11(18(20,21)22)7-14(8-12)25-17(27)24-13-5-10(2-4-26)15-1-3-23-16(15)9-13/h1,3,5-9,23,26H,2,4H2,(H2,24,25,27). The summed E-state index contributed by atoms with van der Waals surface area (Å²) in [6, 6.07) is 6.09. The second-order valence-electron chi connectivity index (χ2n) is 5.85. The van der Waals surface area contributed by atoms with E-state index in [1.54, 1.807) is 18.3 Å². The minimum absolute atomic E-state index is 0.0839. The van der Waals surface area contributed by atoms with Crippen molar-refractivity contribution < 1.29 is 27.5 Å². The molecule has 0 bridgehead atoms. The molecule has 0 fully saturated rings. The van der Waals surface area contributed by atoms with Crippen LogP contribution >= 0.6 is 0 Å². The Kier molecular flexibility index (Phi) is 5.04. The van der Waals surface area contributed by atoms with Gasteiger partial charge in [-0.15, -0.1) is 0 Å². The molecule has 4 N–H and O–H groups in total. The van der Waals surface area contributed by atoms with E-state index in [0.717, 1.165) is 22.5 Å². The van der Waals surface area contributed by atoms with Gasteiger partial charge < -0.3 is 20.7 Å². The van der Waals surface area contributed by atoms with Crippen LogP contribution in [-0.2, 0) is 12.6 Å². The van der Waals surface area contributed by atoms with E-state index in [9.17, 15) is 22.4 Å². The maximum Gasteiger partial charge on any atom is 0.416 e. The Morgan fingerprint density at radius 1 is 1.07 bits per heavy atom. The molecule has 2 aromatic carbocycles. The van der Waals surface area contributed by atoms with E-state index in [0.29, 0.717) is 24.2 Å². The topological polar surface area (TPSA) is 77.2 Å². The number of anilines is 2. The van der Waals surface area contributed by atoms with Crippen LogP contribution in [0.5, 0.6) is 0 Å². The van der Waals surface area contributed by atoms with Gasteiger partial charge in [-0.05, 0) is 48.4 Å². The Morgan fingerprint density at radius 3 is 2.44 bits per heavy atom. The van der Waals surface area contributed by atoms with Crippen LogP contribution in [0.2, 0.25) is 0 Å². The summed E-state index contributed by atoms with van der Waals surface area (Å²) in [4.78, 5) is 15.1. The van der Waals surface area contributed by atoms with Gasteiger partial charge in [0.1, 0.15) is 5.82 Å². The summed E-state index contributed by atoms with van der Waals surface area (Å²) in [5.41, 5.74) is 0.364. The van der Waals surface area contributed by atoms with Crippen molar-refractivity contribution in [1.82, 2.24) is 4.98 Å². The third-order valence-corrected chi connectivity index (χ3v) is 3.88. The zero-order chi connectivity index (χ0) is 19.6. The van der Waals surface area contributed by atoms with Crippen LogP contribution in [-0.4, -0.2) is 22.7 Å². The maximum absolute atomic E-state index is 13.4. The fourth-order valence-corrected chi connectivity index (χ4v) is 2.76. The first-order valence-electron chi connectivity index (χ1n) is 7.93. The highest BCUT2D eigenvalue weighted by molar-refractivity contribution is 6.01. The molecular weight excluding hydrogens is 366 g/mol. The molecule has 27 heavy (non-hydrogen) atoms. The van der Waals surface area contributed by atoms with Gasteiger partial charge in [0.25, 0.3) is 0 Å². The predicted molar refractivity (Wildman–Crippen MR) is 93.1 cm³/mol. The molecule has 0 saturated carbocycles. The van der Waals surface area contributed by atoms with Gasteiger partial charge >= 0.3 is 12.2 Å². The molecule has 0 atom stereocenters. The number of halogens is 4. The van der Waals surface area contributed by atoms with Gasteiger partial charge in [0.2, 0.25) is 0 Å². The van der Waals surface area contributed by atoms with E-state index >= 15 is 0 Å². The van der Waals surface area contributed by atoms with Crippen molar-refractivity contribution in [1.29, 1.82) is 0 Å². The zero-order valence-electron chi connectivity index (χ0n) is 13.8. The van der Waals surface area contributed by atoms with E-state index in [1.807, 2.05) is 6.07 Å². The average Bonchev–Trinajstić information content (AvgIpc) is 3.02. The minimum atomic E-state index is -4.73. The highest BCUT2D eigenvalue weighted by Gasteiger charge is 2.31. The van der Waals surface area contributed by atoms with Crippen molar-refractivity contribution in [3.8, 4) is 0 Å².